The van der Waals surface area contributed by atoms with Crippen LogP contribution in [0.1, 0.15) is 44.8 Å². The van der Waals surface area contributed by atoms with Crippen molar-refractivity contribution < 1.29 is 0 Å². The third-order valence-electron chi connectivity index (χ3n) is 4.26. The number of hydrogen-bond donors (Lipinski definition) is 1. The monoisotopic (exact) mass is 245 g/mol. The van der Waals surface area contributed by atoms with E-state index in [1.165, 1.54) is 25.8 Å². The van der Waals surface area contributed by atoms with E-state index in [1.807, 2.05) is 12.3 Å². The summed E-state index contributed by atoms with van der Waals surface area (Å²) >= 11 is 0. The van der Waals surface area contributed by atoms with Crippen LogP contribution in [0.3, 0.4) is 0 Å². The van der Waals surface area contributed by atoms with Crippen molar-refractivity contribution in [1.29, 1.82) is 0 Å². The molecule has 3 nitrogen and oxygen atoms in total. The zero-order valence-corrected chi connectivity index (χ0v) is 11.3. The molecule has 0 aromatic carbocycles. The standard InChI is InChI=1S/C15H23N3/c1-11-9-13(10-18(11)14-6-7-14)17-12(2)15-5-3-4-8-16-15/h3-5,8,11-14,17H,6-7,9-10H2,1-2H3/t11?,12-,13?/m1/s1. The van der Waals surface area contributed by atoms with Gasteiger partial charge in [-0.3, -0.25) is 9.88 Å². The summed E-state index contributed by atoms with van der Waals surface area (Å²) in [4.78, 5) is 7.11. The summed E-state index contributed by atoms with van der Waals surface area (Å²) in [6.45, 7) is 5.79. The predicted molar refractivity (Wildman–Crippen MR) is 73.4 cm³/mol. The second kappa shape index (κ2) is 4.98. The van der Waals surface area contributed by atoms with Crippen molar-refractivity contribution in [2.45, 2.75) is 57.3 Å². The van der Waals surface area contributed by atoms with E-state index in [0.717, 1.165) is 17.8 Å². The number of nitrogens with one attached hydrogen (secondary N) is 1. The summed E-state index contributed by atoms with van der Waals surface area (Å²) in [5.74, 6) is 0. The first-order valence-corrected chi connectivity index (χ1v) is 7.17. The summed E-state index contributed by atoms with van der Waals surface area (Å²) in [7, 11) is 0. The molecule has 3 heteroatoms. The minimum atomic E-state index is 0.350. The minimum absolute atomic E-state index is 0.350. The highest BCUT2D eigenvalue weighted by atomic mass is 15.3. The molecule has 1 N–H and O–H groups in total. The van der Waals surface area contributed by atoms with Crippen molar-refractivity contribution in [3.8, 4) is 0 Å². The van der Waals surface area contributed by atoms with Crippen LogP contribution in [-0.4, -0.2) is 34.6 Å². The Morgan fingerprint density at radius 2 is 2.22 bits per heavy atom. The van der Waals surface area contributed by atoms with Crippen molar-refractivity contribution >= 4 is 0 Å². The minimum Gasteiger partial charge on any atom is -0.305 e. The van der Waals surface area contributed by atoms with Gasteiger partial charge in [-0.15, -0.1) is 0 Å². The molecule has 0 amide bonds. The zero-order chi connectivity index (χ0) is 12.5. The first-order valence-electron chi connectivity index (χ1n) is 7.17. The molecule has 1 aromatic heterocycles. The molecular weight excluding hydrogens is 222 g/mol. The maximum Gasteiger partial charge on any atom is 0.0570 e. The molecule has 1 aliphatic heterocycles. The van der Waals surface area contributed by atoms with Gasteiger partial charge in [0.25, 0.3) is 0 Å². The van der Waals surface area contributed by atoms with Gasteiger partial charge >= 0.3 is 0 Å². The number of likely N-dealkylation sites (tertiary alicyclic amines) is 1. The molecule has 18 heavy (non-hydrogen) atoms. The van der Waals surface area contributed by atoms with Crippen LogP contribution in [0.5, 0.6) is 0 Å². The average molecular weight is 245 g/mol. The first kappa shape index (κ1) is 12.1. The van der Waals surface area contributed by atoms with Gasteiger partial charge < -0.3 is 5.32 Å². The molecule has 98 valence electrons. The summed E-state index contributed by atoms with van der Waals surface area (Å²) in [5.41, 5.74) is 1.15. The molecule has 2 heterocycles. The fourth-order valence-corrected chi connectivity index (χ4v) is 3.16. The van der Waals surface area contributed by atoms with E-state index >= 15 is 0 Å². The third kappa shape index (κ3) is 2.57. The van der Waals surface area contributed by atoms with Crippen LogP contribution in [0.25, 0.3) is 0 Å². The van der Waals surface area contributed by atoms with Crippen molar-refractivity contribution in [3.05, 3.63) is 30.1 Å². The maximum absolute atomic E-state index is 4.43. The van der Waals surface area contributed by atoms with Crippen LogP contribution in [0.4, 0.5) is 0 Å². The van der Waals surface area contributed by atoms with Crippen LogP contribution >= 0.6 is 0 Å². The molecule has 1 aromatic rings. The predicted octanol–water partition coefficient (Wildman–Crippen LogP) is 2.36. The van der Waals surface area contributed by atoms with Crippen LogP contribution in [0, 0.1) is 0 Å². The van der Waals surface area contributed by atoms with Gasteiger partial charge in [-0.05, 0) is 45.2 Å². The fraction of sp³-hybridized carbons (Fsp3) is 0.667. The third-order valence-corrected chi connectivity index (χ3v) is 4.26. The van der Waals surface area contributed by atoms with E-state index in [4.69, 9.17) is 0 Å². The molecule has 1 saturated carbocycles. The molecule has 1 aliphatic carbocycles. The Kier molecular flexibility index (Phi) is 3.35. The highest BCUT2D eigenvalue weighted by molar-refractivity contribution is 5.08. The Balaban J connectivity index is 1.57. The SMILES string of the molecule is CC1CC(N[C@H](C)c2ccccn2)CN1C1CC1. The van der Waals surface area contributed by atoms with Crippen molar-refractivity contribution in [2.24, 2.45) is 0 Å². The molecule has 0 bridgehead atoms. The van der Waals surface area contributed by atoms with E-state index in [9.17, 15) is 0 Å². The van der Waals surface area contributed by atoms with Crippen molar-refractivity contribution in [1.82, 2.24) is 15.2 Å². The number of rotatable bonds is 4. The number of pyridine rings is 1. The Labute approximate surface area is 110 Å². The maximum atomic E-state index is 4.43. The van der Waals surface area contributed by atoms with E-state index in [2.05, 4.69) is 41.2 Å². The van der Waals surface area contributed by atoms with E-state index in [-0.39, 0.29) is 0 Å². The number of aromatic nitrogens is 1. The second-order valence-electron chi connectivity index (χ2n) is 5.85. The van der Waals surface area contributed by atoms with Gasteiger partial charge in [0, 0.05) is 36.9 Å². The normalized spacial score (nSPS) is 30.6. The van der Waals surface area contributed by atoms with Crippen LogP contribution in [-0.2, 0) is 0 Å². The Morgan fingerprint density at radius 3 is 2.89 bits per heavy atom. The molecule has 2 unspecified atom stereocenters. The van der Waals surface area contributed by atoms with Gasteiger partial charge in [0.05, 0.1) is 5.69 Å². The number of nitrogens with zero attached hydrogens (tertiary/aromatic N) is 2. The lowest BCUT2D eigenvalue weighted by atomic mass is 10.1. The highest BCUT2D eigenvalue weighted by Crippen LogP contribution is 2.33. The van der Waals surface area contributed by atoms with Crippen molar-refractivity contribution in [3.63, 3.8) is 0 Å². The van der Waals surface area contributed by atoms with Gasteiger partial charge in [-0.2, -0.15) is 0 Å². The van der Waals surface area contributed by atoms with Crippen molar-refractivity contribution in [2.75, 3.05) is 6.54 Å². The van der Waals surface area contributed by atoms with Gasteiger partial charge in [0.1, 0.15) is 0 Å². The Hall–Kier alpha value is -0.930. The molecule has 2 fully saturated rings. The Bertz CT molecular complexity index is 388. The smallest absolute Gasteiger partial charge is 0.0570 e. The average Bonchev–Trinajstić information content (AvgIpc) is 3.15. The van der Waals surface area contributed by atoms with Crippen LogP contribution in [0.2, 0.25) is 0 Å². The zero-order valence-electron chi connectivity index (χ0n) is 11.3. The largest absolute Gasteiger partial charge is 0.305 e. The van der Waals surface area contributed by atoms with Gasteiger partial charge in [-0.1, -0.05) is 6.07 Å². The lowest BCUT2D eigenvalue weighted by Crippen LogP contribution is -2.35. The van der Waals surface area contributed by atoms with E-state index in [0.29, 0.717) is 12.1 Å². The summed E-state index contributed by atoms with van der Waals surface area (Å²) in [5, 5.41) is 3.73. The summed E-state index contributed by atoms with van der Waals surface area (Å²) in [6.07, 6.45) is 5.97. The van der Waals surface area contributed by atoms with Crippen LogP contribution < -0.4 is 5.32 Å². The van der Waals surface area contributed by atoms with E-state index in [1.54, 1.807) is 0 Å². The summed E-state index contributed by atoms with van der Waals surface area (Å²) < 4.78 is 0. The molecular formula is C15H23N3. The first-order chi connectivity index (χ1) is 8.74. The molecule has 3 atom stereocenters. The van der Waals surface area contributed by atoms with Crippen LogP contribution in [0.15, 0.2) is 24.4 Å². The van der Waals surface area contributed by atoms with E-state index < -0.39 is 0 Å². The molecule has 2 aliphatic rings. The number of hydrogen-bond acceptors (Lipinski definition) is 3. The van der Waals surface area contributed by atoms with Gasteiger partial charge in [0.2, 0.25) is 0 Å². The molecule has 0 radical (unpaired) electrons. The lowest BCUT2D eigenvalue weighted by Gasteiger charge is -2.21. The second-order valence-corrected chi connectivity index (χ2v) is 5.85. The lowest BCUT2D eigenvalue weighted by molar-refractivity contribution is 0.254. The molecule has 1 saturated heterocycles. The molecule has 0 spiro atoms. The topological polar surface area (TPSA) is 28.2 Å². The van der Waals surface area contributed by atoms with Gasteiger partial charge in [-0.25, -0.2) is 0 Å². The fourth-order valence-electron chi connectivity index (χ4n) is 3.16. The van der Waals surface area contributed by atoms with Gasteiger partial charge in [0.15, 0.2) is 0 Å². The highest BCUT2D eigenvalue weighted by Gasteiger charge is 2.38. The molecule has 3 rings (SSSR count). The summed E-state index contributed by atoms with van der Waals surface area (Å²) in [6, 6.07) is 8.74. The Morgan fingerprint density at radius 1 is 1.39 bits per heavy atom. The quantitative estimate of drug-likeness (QED) is 0.882.